The Morgan fingerprint density at radius 3 is 2.79 bits per heavy atom. The van der Waals surface area contributed by atoms with E-state index in [1.807, 2.05) is 19.1 Å². The molecule has 0 saturated heterocycles. The number of hydrogen-bond acceptors (Lipinski definition) is 2. The summed E-state index contributed by atoms with van der Waals surface area (Å²) >= 11 is 0. The lowest BCUT2D eigenvalue weighted by Gasteiger charge is -2.08. The molecule has 0 bridgehead atoms. The first-order chi connectivity index (χ1) is 6.66. The standard InChI is InChI=1S/C12H16O2/c1-8(2)7-10-5-4-6-11-12(10)14-9(3)13-11/h4-6,8-9H,7H2,1-3H3. The highest BCUT2D eigenvalue weighted by molar-refractivity contribution is 5.48. The first-order valence-electron chi connectivity index (χ1n) is 5.12. The highest BCUT2D eigenvalue weighted by Crippen LogP contribution is 2.38. The van der Waals surface area contributed by atoms with Gasteiger partial charge in [0.2, 0.25) is 6.29 Å². The van der Waals surface area contributed by atoms with E-state index >= 15 is 0 Å². The van der Waals surface area contributed by atoms with E-state index < -0.39 is 0 Å². The van der Waals surface area contributed by atoms with Crippen LogP contribution >= 0.6 is 0 Å². The fourth-order valence-electron chi connectivity index (χ4n) is 1.76. The fourth-order valence-corrected chi connectivity index (χ4v) is 1.76. The fraction of sp³-hybridized carbons (Fsp3) is 0.500. The molecular formula is C12H16O2. The summed E-state index contributed by atoms with van der Waals surface area (Å²) < 4.78 is 11.1. The Balaban J connectivity index is 2.30. The summed E-state index contributed by atoms with van der Waals surface area (Å²) in [6.45, 7) is 6.33. The van der Waals surface area contributed by atoms with Crippen LogP contribution in [0.5, 0.6) is 11.5 Å². The third-order valence-electron chi connectivity index (χ3n) is 2.27. The van der Waals surface area contributed by atoms with E-state index in [1.54, 1.807) is 0 Å². The molecule has 2 heteroatoms. The Morgan fingerprint density at radius 1 is 1.29 bits per heavy atom. The SMILES string of the molecule is CC(C)Cc1cccc2c1OC(C)O2. The van der Waals surface area contributed by atoms with E-state index in [0.29, 0.717) is 5.92 Å². The highest BCUT2D eigenvalue weighted by Gasteiger charge is 2.22. The molecule has 0 aliphatic carbocycles. The van der Waals surface area contributed by atoms with Gasteiger partial charge in [0.05, 0.1) is 0 Å². The van der Waals surface area contributed by atoms with Crippen molar-refractivity contribution in [3.8, 4) is 11.5 Å². The summed E-state index contributed by atoms with van der Waals surface area (Å²) in [5.74, 6) is 2.46. The molecule has 0 N–H and O–H groups in total. The average Bonchev–Trinajstić information content (AvgIpc) is 2.45. The summed E-state index contributed by atoms with van der Waals surface area (Å²) in [6, 6.07) is 6.10. The Bertz CT molecular complexity index is 331. The Morgan fingerprint density at radius 2 is 2.07 bits per heavy atom. The molecule has 1 aromatic carbocycles. The average molecular weight is 192 g/mol. The van der Waals surface area contributed by atoms with Crippen LogP contribution in [0.1, 0.15) is 26.3 Å². The molecule has 76 valence electrons. The third kappa shape index (κ3) is 1.69. The van der Waals surface area contributed by atoms with Crippen LogP contribution in [0, 0.1) is 5.92 Å². The van der Waals surface area contributed by atoms with Gasteiger partial charge in [-0.05, 0) is 24.0 Å². The first kappa shape index (κ1) is 9.38. The molecule has 14 heavy (non-hydrogen) atoms. The lowest BCUT2D eigenvalue weighted by Crippen LogP contribution is -2.11. The maximum Gasteiger partial charge on any atom is 0.238 e. The normalized spacial score (nSPS) is 19.0. The minimum Gasteiger partial charge on any atom is -0.451 e. The first-order valence-corrected chi connectivity index (χ1v) is 5.12. The van der Waals surface area contributed by atoms with E-state index in [2.05, 4.69) is 19.9 Å². The summed E-state index contributed by atoms with van der Waals surface area (Å²) in [6.07, 6.45) is 0.900. The smallest absolute Gasteiger partial charge is 0.238 e. The third-order valence-corrected chi connectivity index (χ3v) is 2.27. The van der Waals surface area contributed by atoms with E-state index in [1.165, 1.54) is 5.56 Å². The van der Waals surface area contributed by atoms with Crippen LogP contribution in [-0.2, 0) is 6.42 Å². The van der Waals surface area contributed by atoms with Crippen molar-refractivity contribution in [2.24, 2.45) is 5.92 Å². The molecular weight excluding hydrogens is 176 g/mol. The van der Waals surface area contributed by atoms with Crippen LogP contribution in [0.2, 0.25) is 0 Å². The van der Waals surface area contributed by atoms with Gasteiger partial charge in [-0.15, -0.1) is 0 Å². The summed E-state index contributed by atoms with van der Waals surface area (Å²) in [7, 11) is 0. The van der Waals surface area contributed by atoms with Gasteiger partial charge in [0.25, 0.3) is 0 Å². The van der Waals surface area contributed by atoms with Crippen molar-refractivity contribution < 1.29 is 9.47 Å². The molecule has 1 aromatic rings. The monoisotopic (exact) mass is 192 g/mol. The molecule has 0 saturated carbocycles. The van der Waals surface area contributed by atoms with Crippen molar-refractivity contribution >= 4 is 0 Å². The molecule has 1 atom stereocenters. The van der Waals surface area contributed by atoms with Crippen LogP contribution in [0.25, 0.3) is 0 Å². The van der Waals surface area contributed by atoms with Gasteiger partial charge in [0.15, 0.2) is 11.5 Å². The Kier molecular flexibility index (Phi) is 2.36. The van der Waals surface area contributed by atoms with Crippen molar-refractivity contribution in [2.45, 2.75) is 33.5 Å². The number of benzene rings is 1. The molecule has 1 aliphatic heterocycles. The lowest BCUT2D eigenvalue weighted by atomic mass is 10.0. The molecule has 1 unspecified atom stereocenters. The van der Waals surface area contributed by atoms with Crippen LogP contribution in [-0.4, -0.2) is 6.29 Å². The zero-order valence-electron chi connectivity index (χ0n) is 8.91. The summed E-state index contributed by atoms with van der Waals surface area (Å²) in [5, 5.41) is 0. The zero-order valence-corrected chi connectivity index (χ0v) is 8.91. The van der Waals surface area contributed by atoms with Gasteiger partial charge in [-0.2, -0.15) is 0 Å². The van der Waals surface area contributed by atoms with Gasteiger partial charge in [0, 0.05) is 6.92 Å². The number of ether oxygens (including phenoxy) is 2. The van der Waals surface area contributed by atoms with Gasteiger partial charge in [-0.25, -0.2) is 0 Å². The van der Waals surface area contributed by atoms with Gasteiger partial charge >= 0.3 is 0 Å². The molecule has 0 fully saturated rings. The second kappa shape index (κ2) is 3.52. The van der Waals surface area contributed by atoms with Crippen LogP contribution < -0.4 is 9.47 Å². The molecule has 1 aliphatic rings. The predicted octanol–water partition coefficient (Wildman–Crippen LogP) is 3.00. The van der Waals surface area contributed by atoms with Crippen LogP contribution in [0.3, 0.4) is 0 Å². The van der Waals surface area contributed by atoms with E-state index in [9.17, 15) is 0 Å². The molecule has 0 radical (unpaired) electrons. The van der Waals surface area contributed by atoms with Gasteiger partial charge in [0.1, 0.15) is 0 Å². The number of fused-ring (bicyclic) bond motifs is 1. The van der Waals surface area contributed by atoms with E-state index in [4.69, 9.17) is 9.47 Å². The van der Waals surface area contributed by atoms with Gasteiger partial charge in [-0.1, -0.05) is 26.0 Å². The molecule has 0 aromatic heterocycles. The second-order valence-electron chi connectivity index (χ2n) is 4.15. The van der Waals surface area contributed by atoms with Gasteiger partial charge < -0.3 is 9.47 Å². The lowest BCUT2D eigenvalue weighted by molar-refractivity contribution is 0.0673. The second-order valence-corrected chi connectivity index (χ2v) is 4.15. The van der Waals surface area contributed by atoms with Crippen molar-refractivity contribution in [3.05, 3.63) is 23.8 Å². The van der Waals surface area contributed by atoms with Crippen molar-refractivity contribution in [1.82, 2.24) is 0 Å². The molecule has 1 heterocycles. The van der Waals surface area contributed by atoms with Crippen molar-refractivity contribution in [1.29, 1.82) is 0 Å². The molecule has 0 spiro atoms. The predicted molar refractivity (Wildman–Crippen MR) is 55.7 cm³/mol. The minimum atomic E-state index is -0.140. The topological polar surface area (TPSA) is 18.5 Å². The number of para-hydroxylation sites is 1. The van der Waals surface area contributed by atoms with Gasteiger partial charge in [-0.3, -0.25) is 0 Å². The molecule has 0 amide bonds. The molecule has 2 nitrogen and oxygen atoms in total. The largest absolute Gasteiger partial charge is 0.451 e. The summed E-state index contributed by atoms with van der Waals surface area (Å²) in [5.41, 5.74) is 1.25. The molecule has 2 rings (SSSR count). The quantitative estimate of drug-likeness (QED) is 0.717. The number of hydrogen-bond donors (Lipinski definition) is 0. The van der Waals surface area contributed by atoms with E-state index in [0.717, 1.165) is 17.9 Å². The minimum absolute atomic E-state index is 0.140. The summed E-state index contributed by atoms with van der Waals surface area (Å²) in [4.78, 5) is 0. The highest BCUT2D eigenvalue weighted by atomic mass is 16.7. The van der Waals surface area contributed by atoms with Crippen LogP contribution in [0.4, 0.5) is 0 Å². The Labute approximate surface area is 84.8 Å². The van der Waals surface area contributed by atoms with Crippen molar-refractivity contribution in [2.75, 3.05) is 0 Å². The zero-order chi connectivity index (χ0) is 10.1. The Hall–Kier alpha value is -1.18. The maximum atomic E-state index is 5.62. The van der Waals surface area contributed by atoms with E-state index in [-0.39, 0.29) is 6.29 Å². The van der Waals surface area contributed by atoms with Crippen molar-refractivity contribution in [3.63, 3.8) is 0 Å². The number of rotatable bonds is 2. The maximum absolute atomic E-state index is 5.62. The van der Waals surface area contributed by atoms with Crippen LogP contribution in [0.15, 0.2) is 18.2 Å².